The van der Waals surface area contributed by atoms with Gasteiger partial charge in [-0.2, -0.15) is 0 Å². The standard InChI is InChI=1S/C16H25NOS/c1-13(15-6-5-11-19-15)17-12-14-7-10-16(18-14)8-3-2-4-9-16/h5-6,11,13-14,17H,2-4,7-10,12H2,1H3/t13-,14?/m1/s1. The van der Waals surface area contributed by atoms with Crippen LogP contribution in [-0.2, 0) is 4.74 Å². The van der Waals surface area contributed by atoms with Gasteiger partial charge in [-0.05, 0) is 44.1 Å². The molecule has 1 spiro atoms. The minimum atomic E-state index is 0.261. The second-order valence-corrected chi connectivity index (χ2v) is 7.15. The first-order chi connectivity index (χ1) is 9.27. The Morgan fingerprint density at radius 1 is 1.37 bits per heavy atom. The molecule has 1 unspecified atom stereocenters. The minimum absolute atomic E-state index is 0.261. The zero-order valence-corrected chi connectivity index (χ0v) is 12.7. The van der Waals surface area contributed by atoms with Crippen molar-refractivity contribution in [2.75, 3.05) is 6.54 Å². The summed E-state index contributed by atoms with van der Waals surface area (Å²) in [5.74, 6) is 0. The summed E-state index contributed by atoms with van der Waals surface area (Å²) in [4.78, 5) is 1.42. The normalized spacial score (nSPS) is 27.7. The van der Waals surface area contributed by atoms with Crippen molar-refractivity contribution in [3.63, 3.8) is 0 Å². The fourth-order valence-electron chi connectivity index (χ4n) is 3.55. The van der Waals surface area contributed by atoms with E-state index in [0.717, 1.165) is 6.54 Å². The number of ether oxygens (including phenoxy) is 1. The van der Waals surface area contributed by atoms with E-state index in [4.69, 9.17) is 4.74 Å². The Morgan fingerprint density at radius 3 is 2.95 bits per heavy atom. The van der Waals surface area contributed by atoms with Gasteiger partial charge in [-0.15, -0.1) is 11.3 Å². The number of rotatable bonds is 4. The van der Waals surface area contributed by atoms with Crippen LogP contribution < -0.4 is 5.32 Å². The van der Waals surface area contributed by atoms with Gasteiger partial charge in [-0.25, -0.2) is 0 Å². The molecule has 1 saturated carbocycles. The van der Waals surface area contributed by atoms with Crippen molar-refractivity contribution in [2.45, 2.75) is 69.6 Å². The van der Waals surface area contributed by atoms with E-state index < -0.39 is 0 Å². The lowest BCUT2D eigenvalue weighted by Crippen LogP contribution is -2.35. The smallest absolute Gasteiger partial charge is 0.0708 e. The quantitative estimate of drug-likeness (QED) is 0.888. The fourth-order valence-corrected chi connectivity index (χ4v) is 4.31. The number of thiophene rings is 1. The first kappa shape index (κ1) is 13.6. The van der Waals surface area contributed by atoms with Gasteiger partial charge in [-0.1, -0.05) is 25.3 Å². The van der Waals surface area contributed by atoms with E-state index in [-0.39, 0.29) is 5.60 Å². The van der Waals surface area contributed by atoms with E-state index in [2.05, 4.69) is 29.8 Å². The van der Waals surface area contributed by atoms with Gasteiger partial charge in [0.25, 0.3) is 0 Å². The first-order valence-electron chi connectivity index (χ1n) is 7.72. The van der Waals surface area contributed by atoms with E-state index in [1.165, 1.54) is 49.8 Å². The predicted molar refractivity (Wildman–Crippen MR) is 80.7 cm³/mol. The lowest BCUT2D eigenvalue weighted by molar-refractivity contribution is -0.0628. The van der Waals surface area contributed by atoms with Crippen molar-refractivity contribution in [1.29, 1.82) is 0 Å². The largest absolute Gasteiger partial charge is 0.370 e. The predicted octanol–water partition coefficient (Wildman–Crippen LogP) is 4.28. The third kappa shape index (κ3) is 3.21. The second kappa shape index (κ2) is 5.94. The molecule has 1 aromatic rings. The molecule has 106 valence electrons. The molecule has 2 aliphatic rings. The van der Waals surface area contributed by atoms with Crippen molar-refractivity contribution in [2.24, 2.45) is 0 Å². The maximum absolute atomic E-state index is 6.40. The molecule has 2 heterocycles. The Kier molecular flexibility index (Phi) is 4.25. The molecule has 0 amide bonds. The molecular formula is C16H25NOS. The van der Waals surface area contributed by atoms with Crippen LogP contribution in [0.15, 0.2) is 17.5 Å². The van der Waals surface area contributed by atoms with Crippen molar-refractivity contribution in [3.05, 3.63) is 22.4 Å². The lowest BCUT2D eigenvalue weighted by atomic mass is 9.83. The van der Waals surface area contributed by atoms with Crippen LogP contribution in [0.3, 0.4) is 0 Å². The van der Waals surface area contributed by atoms with E-state index >= 15 is 0 Å². The highest BCUT2D eigenvalue weighted by Gasteiger charge is 2.40. The molecule has 1 saturated heterocycles. The molecule has 0 radical (unpaired) electrons. The monoisotopic (exact) mass is 279 g/mol. The summed E-state index contributed by atoms with van der Waals surface area (Å²) in [6.07, 6.45) is 9.69. The molecule has 1 aromatic heterocycles. The van der Waals surface area contributed by atoms with Crippen LogP contribution in [0.5, 0.6) is 0 Å². The Morgan fingerprint density at radius 2 is 2.21 bits per heavy atom. The average Bonchev–Trinajstić information content (AvgIpc) is 3.08. The van der Waals surface area contributed by atoms with Gasteiger partial charge >= 0.3 is 0 Å². The Labute approximate surface area is 120 Å². The number of nitrogens with one attached hydrogen (secondary N) is 1. The molecule has 3 rings (SSSR count). The molecule has 1 aliphatic heterocycles. The summed E-state index contributed by atoms with van der Waals surface area (Å²) >= 11 is 1.83. The average molecular weight is 279 g/mol. The summed E-state index contributed by atoms with van der Waals surface area (Å²) in [5, 5.41) is 5.78. The van der Waals surface area contributed by atoms with Gasteiger partial charge in [0.05, 0.1) is 11.7 Å². The molecule has 1 N–H and O–H groups in total. The molecule has 2 nitrogen and oxygen atoms in total. The van der Waals surface area contributed by atoms with Crippen molar-refractivity contribution < 1.29 is 4.74 Å². The van der Waals surface area contributed by atoms with Gasteiger partial charge in [0, 0.05) is 17.5 Å². The zero-order valence-electron chi connectivity index (χ0n) is 11.9. The van der Waals surface area contributed by atoms with E-state index in [0.29, 0.717) is 12.1 Å². The molecule has 3 heteroatoms. The summed E-state index contributed by atoms with van der Waals surface area (Å²) in [6, 6.07) is 4.79. The van der Waals surface area contributed by atoms with Crippen LogP contribution in [0, 0.1) is 0 Å². The Hall–Kier alpha value is -0.380. The lowest BCUT2D eigenvalue weighted by Gasteiger charge is -2.33. The molecule has 0 aromatic carbocycles. The maximum Gasteiger partial charge on any atom is 0.0708 e. The fraction of sp³-hybridized carbons (Fsp3) is 0.750. The minimum Gasteiger partial charge on any atom is -0.370 e. The third-order valence-corrected chi connectivity index (χ3v) is 5.78. The van der Waals surface area contributed by atoms with Gasteiger partial charge in [-0.3, -0.25) is 0 Å². The molecule has 1 aliphatic carbocycles. The van der Waals surface area contributed by atoms with Crippen molar-refractivity contribution in [3.8, 4) is 0 Å². The van der Waals surface area contributed by atoms with Gasteiger partial charge in [0.15, 0.2) is 0 Å². The van der Waals surface area contributed by atoms with Crippen molar-refractivity contribution in [1.82, 2.24) is 5.32 Å². The van der Waals surface area contributed by atoms with Crippen LogP contribution >= 0.6 is 11.3 Å². The second-order valence-electron chi connectivity index (χ2n) is 6.17. The van der Waals surface area contributed by atoms with E-state index in [1.807, 2.05) is 11.3 Å². The summed E-state index contributed by atoms with van der Waals surface area (Å²) in [6.45, 7) is 3.25. The summed E-state index contributed by atoms with van der Waals surface area (Å²) in [7, 11) is 0. The summed E-state index contributed by atoms with van der Waals surface area (Å²) in [5.41, 5.74) is 0.261. The number of hydrogen-bond donors (Lipinski definition) is 1. The van der Waals surface area contributed by atoms with Crippen LogP contribution in [0.25, 0.3) is 0 Å². The molecular weight excluding hydrogens is 254 g/mol. The maximum atomic E-state index is 6.40. The highest BCUT2D eigenvalue weighted by atomic mass is 32.1. The first-order valence-corrected chi connectivity index (χ1v) is 8.60. The highest BCUT2D eigenvalue weighted by Crippen LogP contribution is 2.41. The topological polar surface area (TPSA) is 21.3 Å². The van der Waals surface area contributed by atoms with E-state index in [9.17, 15) is 0 Å². The van der Waals surface area contributed by atoms with Gasteiger partial charge in [0.1, 0.15) is 0 Å². The zero-order chi connectivity index (χ0) is 13.1. The highest BCUT2D eigenvalue weighted by molar-refractivity contribution is 7.10. The molecule has 19 heavy (non-hydrogen) atoms. The Bertz CT molecular complexity index is 383. The molecule has 0 bridgehead atoms. The summed E-state index contributed by atoms with van der Waals surface area (Å²) < 4.78 is 6.40. The Balaban J connectivity index is 1.47. The molecule has 2 atom stereocenters. The van der Waals surface area contributed by atoms with Crippen molar-refractivity contribution >= 4 is 11.3 Å². The van der Waals surface area contributed by atoms with Gasteiger partial charge in [0.2, 0.25) is 0 Å². The van der Waals surface area contributed by atoms with Gasteiger partial charge < -0.3 is 10.1 Å². The van der Waals surface area contributed by atoms with Crippen LogP contribution in [0.4, 0.5) is 0 Å². The van der Waals surface area contributed by atoms with Crippen LogP contribution in [0.1, 0.15) is 62.8 Å². The van der Waals surface area contributed by atoms with E-state index in [1.54, 1.807) is 0 Å². The SMILES string of the molecule is C[C@@H](NCC1CCC2(CCCCC2)O1)c1cccs1. The molecule has 2 fully saturated rings. The van der Waals surface area contributed by atoms with Crippen LogP contribution in [0.2, 0.25) is 0 Å². The number of hydrogen-bond acceptors (Lipinski definition) is 3. The van der Waals surface area contributed by atoms with Crippen LogP contribution in [-0.4, -0.2) is 18.2 Å². The third-order valence-electron chi connectivity index (χ3n) is 4.73.